The molecule has 0 spiro atoms. The molecule has 0 aromatic heterocycles. The number of aliphatic hydroxyl groups excluding tert-OH is 1. The maximum Gasteiger partial charge on any atom is 0.0589 e. The molecular weight excluding hydrogens is 264 g/mol. The fraction of sp³-hybridized carbons (Fsp3) is 0.571. The highest BCUT2D eigenvalue weighted by molar-refractivity contribution is 6.30. The molecule has 108 valence electrons. The number of halogens is 1. The van der Waals surface area contributed by atoms with Crippen molar-refractivity contribution in [3.8, 4) is 0 Å². The van der Waals surface area contributed by atoms with E-state index < -0.39 is 0 Å². The highest BCUT2D eigenvalue weighted by Gasteiger charge is 2.09. The number of hydrogen-bond donors (Lipinski definition) is 2. The van der Waals surface area contributed by atoms with Crippen LogP contribution in [0.1, 0.15) is 18.0 Å². The van der Waals surface area contributed by atoms with Crippen LogP contribution in [-0.4, -0.2) is 50.0 Å². The smallest absolute Gasteiger partial charge is 0.0589 e. The summed E-state index contributed by atoms with van der Waals surface area (Å²) in [6.45, 7) is 3.12. The molecule has 1 atom stereocenters. The second-order valence-corrected chi connectivity index (χ2v) is 4.94. The fourth-order valence-corrected chi connectivity index (χ4v) is 2.02. The molecule has 0 aliphatic rings. The van der Waals surface area contributed by atoms with Crippen LogP contribution in [0, 0.1) is 0 Å². The lowest BCUT2D eigenvalue weighted by atomic mass is 10.0. The van der Waals surface area contributed by atoms with E-state index in [4.69, 9.17) is 27.2 Å². The van der Waals surface area contributed by atoms with Crippen LogP contribution in [0.15, 0.2) is 24.3 Å². The largest absolute Gasteiger partial charge is 0.395 e. The summed E-state index contributed by atoms with van der Waals surface area (Å²) in [7, 11) is 1.68. The maximum atomic E-state index is 9.02. The molecule has 0 saturated heterocycles. The minimum atomic E-state index is -0.0130. The third kappa shape index (κ3) is 6.36. The summed E-state index contributed by atoms with van der Waals surface area (Å²) in [4.78, 5) is 2.15. The number of aliphatic hydroxyl groups is 1. The first kappa shape index (κ1) is 16.4. The summed E-state index contributed by atoms with van der Waals surface area (Å²) in [6, 6.07) is 7.61. The van der Waals surface area contributed by atoms with Crippen LogP contribution in [0.2, 0.25) is 5.02 Å². The van der Waals surface area contributed by atoms with E-state index in [1.165, 1.54) is 0 Å². The fourth-order valence-electron chi connectivity index (χ4n) is 1.90. The second kappa shape index (κ2) is 9.28. The summed E-state index contributed by atoms with van der Waals surface area (Å²) in [6.07, 6.45) is 0.839. The Morgan fingerprint density at radius 1 is 1.26 bits per heavy atom. The topological polar surface area (TPSA) is 58.7 Å². The van der Waals surface area contributed by atoms with Gasteiger partial charge in [-0.2, -0.15) is 0 Å². The Morgan fingerprint density at radius 2 is 1.95 bits per heavy atom. The molecule has 0 bridgehead atoms. The zero-order valence-corrected chi connectivity index (χ0v) is 12.1. The van der Waals surface area contributed by atoms with Gasteiger partial charge in [-0.25, -0.2) is 0 Å². The Kier molecular flexibility index (Phi) is 8.02. The van der Waals surface area contributed by atoms with Gasteiger partial charge in [-0.3, -0.25) is 4.90 Å². The molecule has 5 heteroatoms. The Balaban J connectivity index is 2.41. The average molecular weight is 287 g/mol. The van der Waals surface area contributed by atoms with Gasteiger partial charge in [0.1, 0.15) is 0 Å². The van der Waals surface area contributed by atoms with Crippen LogP contribution in [0.3, 0.4) is 0 Å². The van der Waals surface area contributed by atoms with E-state index in [1.54, 1.807) is 7.11 Å². The lowest BCUT2D eigenvalue weighted by Gasteiger charge is -2.22. The lowest BCUT2D eigenvalue weighted by molar-refractivity contribution is 0.128. The summed E-state index contributed by atoms with van der Waals surface area (Å²) >= 11 is 5.85. The molecule has 1 unspecified atom stereocenters. The van der Waals surface area contributed by atoms with Crippen LogP contribution in [0.4, 0.5) is 0 Å². The van der Waals surface area contributed by atoms with Crippen molar-refractivity contribution in [2.24, 2.45) is 5.73 Å². The standard InChI is InChI=1S/C14H23ClN2O2/c1-19-11-9-17(8-10-18)7-6-14(16)12-2-4-13(15)5-3-12/h2-5,14,18H,6-11,16H2,1H3. The van der Waals surface area contributed by atoms with Gasteiger partial charge >= 0.3 is 0 Å². The maximum absolute atomic E-state index is 9.02. The third-order valence-electron chi connectivity index (χ3n) is 3.08. The number of rotatable bonds is 9. The molecule has 0 saturated carbocycles. The summed E-state index contributed by atoms with van der Waals surface area (Å²) in [5, 5.41) is 9.74. The monoisotopic (exact) mass is 286 g/mol. The molecule has 1 rings (SSSR count). The van der Waals surface area contributed by atoms with Crippen molar-refractivity contribution >= 4 is 11.6 Å². The molecule has 19 heavy (non-hydrogen) atoms. The SMILES string of the molecule is COCCN(CCO)CCC(N)c1ccc(Cl)cc1. The molecule has 0 amide bonds. The van der Waals surface area contributed by atoms with Crippen LogP contribution < -0.4 is 5.73 Å². The normalized spacial score (nSPS) is 12.9. The van der Waals surface area contributed by atoms with Gasteiger partial charge in [-0.05, 0) is 24.1 Å². The predicted octanol–water partition coefficient (Wildman–Crippen LogP) is 1.67. The minimum absolute atomic E-state index is 0.0130. The molecule has 0 radical (unpaired) electrons. The van der Waals surface area contributed by atoms with Crippen molar-refractivity contribution in [1.82, 2.24) is 4.90 Å². The number of nitrogens with two attached hydrogens (primary N) is 1. The van der Waals surface area contributed by atoms with E-state index in [1.807, 2.05) is 24.3 Å². The molecule has 0 aliphatic carbocycles. The number of hydrogen-bond acceptors (Lipinski definition) is 4. The van der Waals surface area contributed by atoms with Gasteiger partial charge in [0, 0.05) is 37.8 Å². The van der Waals surface area contributed by atoms with Gasteiger partial charge < -0.3 is 15.6 Å². The van der Waals surface area contributed by atoms with Gasteiger partial charge in [0.25, 0.3) is 0 Å². The van der Waals surface area contributed by atoms with Crippen molar-refractivity contribution < 1.29 is 9.84 Å². The summed E-state index contributed by atoms with van der Waals surface area (Å²) in [5.41, 5.74) is 7.24. The van der Waals surface area contributed by atoms with Crippen molar-refractivity contribution in [2.75, 3.05) is 40.0 Å². The van der Waals surface area contributed by atoms with E-state index in [2.05, 4.69) is 4.90 Å². The second-order valence-electron chi connectivity index (χ2n) is 4.50. The molecule has 3 N–H and O–H groups in total. The molecule has 0 aliphatic heterocycles. The Morgan fingerprint density at radius 3 is 2.53 bits per heavy atom. The first-order valence-corrected chi connectivity index (χ1v) is 6.88. The predicted molar refractivity (Wildman–Crippen MR) is 78.4 cm³/mol. The molecule has 0 fully saturated rings. The highest BCUT2D eigenvalue weighted by atomic mass is 35.5. The van der Waals surface area contributed by atoms with E-state index in [0.717, 1.165) is 30.1 Å². The number of ether oxygens (including phenoxy) is 1. The van der Waals surface area contributed by atoms with Crippen molar-refractivity contribution in [1.29, 1.82) is 0 Å². The Hall–Kier alpha value is -0.650. The van der Waals surface area contributed by atoms with Crippen LogP contribution >= 0.6 is 11.6 Å². The van der Waals surface area contributed by atoms with Crippen LogP contribution in [0.25, 0.3) is 0 Å². The van der Waals surface area contributed by atoms with Crippen molar-refractivity contribution in [3.05, 3.63) is 34.9 Å². The Bertz CT molecular complexity index is 346. The number of methoxy groups -OCH3 is 1. The lowest BCUT2D eigenvalue weighted by Crippen LogP contribution is -2.32. The third-order valence-corrected chi connectivity index (χ3v) is 3.33. The van der Waals surface area contributed by atoms with Gasteiger partial charge in [0.05, 0.1) is 13.2 Å². The van der Waals surface area contributed by atoms with Crippen molar-refractivity contribution in [3.63, 3.8) is 0 Å². The van der Waals surface area contributed by atoms with E-state index in [-0.39, 0.29) is 12.6 Å². The Labute approximate surface area is 120 Å². The van der Waals surface area contributed by atoms with E-state index in [0.29, 0.717) is 13.2 Å². The van der Waals surface area contributed by atoms with Gasteiger partial charge in [-0.1, -0.05) is 23.7 Å². The average Bonchev–Trinajstić information content (AvgIpc) is 2.42. The van der Waals surface area contributed by atoms with Crippen molar-refractivity contribution in [2.45, 2.75) is 12.5 Å². The molecule has 1 aromatic rings. The quantitative estimate of drug-likeness (QED) is 0.725. The molecule has 4 nitrogen and oxygen atoms in total. The number of nitrogens with zero attached hydrogens (tertiary/aromatic N) is 1. The zero-order valence-electron chi connectivity index (χ0n) is 11.4. The summed E-state index contributed by atoms with van der Waals surface area (Å²) < 4.78 is 5.05. The highest BCUT2D eigenvalue weighted by Crippen LogP contribution is 2.17. The van der Waals surface area contributed by atoms with Gasteiger partial charge in [-0.15, -0.1) is 0 Å². The summed E-state index contributed by atoms with van der Waals surface area (Å²) in [5.74, 6) is 0. The molecular formula is C14H23ClN2O2. The first-order chi connectivity index (χ1) is 9.17. The van der Waals surface area contributed by atoms with E-state index in [9.17, 15) is 0 Å². The van der Waals surface area contributed by atoms with Gasteiger partial charge in [0.2, 0.25) is 0 Å². The zero-order chi connectivity index (χ0) is 14.1. The molecule has 0 heterocycles. The van der Waals surface area contributed by atoms with Gasteiger partial charge in [0.15, 0.2) is 0 Å². The number of benzene rings is 1. The van der Waals surface area contributed by atoms with Crippen LogP contribution in [-0.2, 0) is 4.74 Å². The minimum Gasteiger partial charge on any atom is -0.395 e. The van der Waals surface area contributed by atoms with E-state index >= 15 is 0 Å². The molecule has 1 aromatic carbocycles. The first-order valence-electron chi connectivity index (χ1n) is 6.50. The van der Waals surface area contributed by atoms with Crippen LogP contribution in [0.5, 0.6) is 0 Å².